The van der Waals surface area contributed by atoms with E-state index in [2.05, 4.69) is 10.3 Å². The van der Waals surface area contributed by atoms with E-state index in [1.807, 2.05) is 36.9 Å². The number of hydrogen-bond donors (Lipinski definition) is 1. The van der Waals surface area contributed by atoms with Crippen molar-refractivity contribution in [1.82, 2.24) is 15.2 Å². The van der Waals surface area contributed by atoms with Crippen molar-refractivity contribution >= 4 is 23.4 Å². The lowest BCUT2D eigenvalue weighted by molar-refractivity contribution is -0.126. The number of likely N-dealkylation sites (tertiary alicyclic amines) is 1. The lowest BCUT2D eigenvalue weighted by atomic mass is 9.96. The Balaban J connectivity index is 1.24. The van der Waals surface area contributed by atoms with Crippen LogP contribution in [0.25, 0.3) is 0 Å². The highest BCUT2D eigenvalue weighted by atomic mass is 16.2. The van der Waals surface area contributed by atoms with Gasteiger partial charge in [-0.05, 0) is 68.0 Å². The Morgan fingerprint density at radius 1 is 1.06 bits per heavy atom. The minimum atomic E-state index is -0.322. The van der Waals surface area contributed by atoms with Gasteiger partial charge in [0.1, 0.15) is 0 Å². The van der Waals surface area contributed by atoms with E-state index in [1.54, 1.807) is 29.4 Å². The minimum absolute atomic E-state index is 0.00339. The molecule has 4 rings (SSSR count). The third-order valence-electron chi connectivity index (χ3n) is 6.69. The first kappa shape index (κ1) is 22.0. The van der Waals surface area contributed by atoms with E-state index < -0.39 is 0 Å². The third-order valence-corrected chi connectivity index (χ3v) is 6.69. The zero-order valence-electron chi connectivity index (χ0n) is 18.7. The van der Waals surface area contributed by atoms with E-state index >= 15 is 0 Å². The number of rotatable bonds is 5. The van der Waals surface area contributed by atoms with Crippen molar-refractivity contribution in [2.75, 3.05) is 31.1 Å². The number of carbonyl (C=O) groups excluding carboxylic acids is 3. The molecule has 2 saturated heterocycles. The van der Waals surface area contributed by atoms with Crippen LogP contribution in [0.3, 0.4) is 0 Å². The molecule has 7 heteroatoms. The Labute approximate surface area is 188 Å². The topological polar surface area (TPSA) is 82.6 Å². The molecule has 2 aromatic rings. The van der Waals surface area contributed by atoms with Crippen molar-refractivity contribution < 1.29 is 14.4 Å². The van der Waals surface area contributed by atoms with E-state index in [0.29, 0.717) is 37.7 Å². The van der Waals surface area contributed by atoms with Gasteiger partial charge >= 0.3 is 0 Å². The number of pyridine rings is 1. The lowest BCUT2D eigenvalue weighted by Crippen LogP contribution is -2.42. The number of hydrogen-bond acceptors (Lipinski definition) is 4. The maximum absolute atomic E-state index is 12.7. The van der Waals surface area contributed by atoms with Crippen molar-refractivity contribution in [2.45, 2.75) is 33.1 Å². The summed E-state index contributed by atoms with van der Waals surface area (Å²) in [7, 11) is 0. The Kier molecular flexibility index (Phi) is 6.53. The molecule has 2 aliphatic rings. The smallest absolute Gasteiger partial charge is 0.253 e. The fourth-order valence-corrected chi connectivity index (χ4v) is 4.43. The molecule has 1 N–H and O–H groups in total. The van der Waals surface area contributed by atoms with Gasteiger partial charge in [0.25, 0.3) is 5.91 Å². The molecule has 7 nitrogen and oxygen atoms in total. The van der Waals surface area contributed by atoms with Crippen LogP contribution in [0.4, 0.5) is 5.69 Å². The van der Waals surface area contributed by atoms with Crippen molar-refractivity contribution in [2.24, 2.45) is 11.8 Å². The number of nitrogens with zero attached hydrogens (tertiary/aromatic N) is 3. The van der Waals surface area contributed by atoms with Gasteiger partial charge in [-0.25, -0.2) is 0 Å². The molecule has 1 aromatic heterocycles. The predicted molar refractivity (Wildman–Crippen MR) is 122 cm³/mol. The summed E-state index contributed by atoms with van der Waals surface area (Å²) in [6.45, 7) is 6.45. The van der Waals surface area contributed by atoms with Crippen molar-refractivity contribution in [1.29, 1.82) is 0 Å². The zero-order valence-corrected chi connectivity index (χ0v) is 18.7. The summed E-state index contributed by atoms with van der Waals surface area (Å²) in [6, 6.07) is 9.44. The Morgan fingerprint density at radius 2 is 1.78 bits per heavy atom. The van der Waals surface area contributed by atoms with Crippen LogP contribution in [0.15, 0.2) is 42.7 Å². The maximum Gasteiger partial charge on any atom is 0.253 e. The number of nitrogens with one attached hydrogen (secondary N) is 1. The zero-order chi connectivity index (χ0) is 22.7. The van der Waals surface area contributed by atoms with Crippen LogP contribution in [0.5, 0.6) is 0 Å². The van der Waals surface area contributed by atoms with Crippen LogP contribution in [0, 0.1) is 25.7 Å². The fraction of sp³-hybridized carbons (Fsp3) is 0.440. The Morgan fingerprint density at radius 3 is 2.47 bits per heavy atom. The lowest BCUT2D eigenvalue weighted by Gasteiger charge is -2.32. The number of amides is 3. The quantitative estimate of drug-likeness (QED) is 0.785. The van der Waals surface area contributed by atoms with Crippen molar-refractivity contribution in [3.8, 4) is 0 Å². The van der Waals surface area contributed by atoms with Crippen molar-refractivity contribution in [3.05, 3.63) is 59.4 Å². The molecule has 0 saturated carbocycles. The molecule has 2 aliphatic heterocycles. The molecule has 0 unspecified atom stereocenters. The number of aromatic nitrogens is 1. The first-order valence-electron chi connectivity index (χ1n) is 11.3. The third kappa shape index (κ3) is 4.82. The SMILES string of the molecule is Cc1ccc(N2C[C@@H](C(=O)NCC3CCN(C(=O)c4ccncc4)CC3)CC2=O)cc1C. The second kappa shape index (κ2) is 9.51. The van der Waals surface area contributed by atoms with E-state index in [0.717, 1.165) is 24.1 Å². The molecule has 2 fully saturated rings. The monoisotopic (exact) mass is 434 g/mol. The van der Waals surface area contributed by atoms with E-state index in [-0.39, 0.29) is 30.1 Å². The van der Waals surface area contributed by atoms with Gasteiger partial charge in [0.15, 0.2) is 0 Å². The molecular formula is C25H30N4O3. The predicted octanol–water partition coefficient (Wildman–Crippen LogP) is 2.72. The van der Waals surface area contributed by atoms with Gasteiger partial charge in [-0.3, -0.25) is 19.4 Å². The second-order valence-corrected chi connectivity index (χ2v) is 8.89. The van der Waals surface area contributed by atoms with Crippen LogP contribution in [0.1, 0.15) is 40.7 Å². The molecular weight excluding hydrogens is 404 g/mol. The van der Waals surface area contributed by atoms with Gasteiger partial charge < -0.3 is 15.1 Å². The first-order valence-corrected chi connectivity index (χ1v) is 11.3. The number of piperidine rings is 1. The van der Waals surface area contributed by atoms with Gasteiger partial charge in [0.2, 0.25) is 11.8 Å². The van der Waals surface area contributed by atoms with E-state index in [1.165, 1.54) is 5.56 Å². The van der Waals surface area contributed by atoms with Crippen molar-refractivity contribution in [3.63, 3.8) is 0 Å². The molecule has 3 amide bonds. The average molecular weight is 435 g/mol. The first-order chi connectivity index (χ1) is 15.4. The van der Waals surface area contributed by atoms with Gasteiger partial charge in [-0.2, -0.15) is 0 Å². The molecule has 1 atom stereocenters. The van der Waals surface area contributed by atoms with Crippen LogP contribution >= 0.6 is 0 Å². The molecule has 168 valence electrons. The molecule has 0 radical (unpaired) electrons. The molecule has 0 spiro atoms. The molecule has 32 heavy (non-hydrogen) atoms. The normalized spacial score (nSPS) is 19.3. The largest absolute Gasteiger partial charge is 0.356 e. The highest BCUT2D eigenvalue weighted by Gasteiger charge is 2.35. The minimum Gasteiger partial charge on any atom is -0.356 e. The van der Waals surface area contributed by atoms with E-state index in [4.69, 9.17) is 0 Å². The molecule has 1 aromatic carbocycles. The van der Waals surface area contributed by atoms with Crippen LogP contribution in [-0.2, 0) is 9.59 Å². The van der Waals surface area contributed by atoms with Crippen LogP contribution < -0.4 is 10.2 Å². The maximum atomic E-state index is 12.7. The van der Waals surface area contributed by atoms with Gasteiger partial charge in [0.05, 0.1) is 5.92 Å². The average Bonchev–Trinajstić information content (AvgIpc) is 3.21. The standard InChI is InChI=1S/C25H30N4O3/c1-17-3-4-22(13-18(17)2)29-16-21(14-23(29)30)24(31)27-15-19-7-11-28(12-8-19)25(32)20-5-9-26-10-6-20/h3-6,9-10,13,19,21H,7-8,11-12,14-16H2,1-2H3,(H,27,31)/t21-/m0/s1. The fourth-order valence-electron chi connectivity index (χ4n) is 4.43. The number of benzene rings is 1. The van der Waals surface area contributed by atoms with Gasteiger partial charge in [0, 0.05) is 56.2 Å². The number of anilines is 1. The van der Waals surface area contributed by atoms with Crippen LogP contribution in [0.2, 0.25) is 0 Å². The molecule has 3 heterocycles. The Hall–Kier alpha value is -3.22. The summed E-state index contributed by atoms with van der Waals surface area (Å²) < 4.78 is 0. The summed E-state index contributed by atoms with van der Waals surface area (Å²) in [4.78, 5) is 45.3. The Bertz CT molecular complexity index is 1000. The van der Waals surface area contributed by atoms with Gasteiger partial charge in [-0.1, -0.05) is 6.07 Å². The van der Waals surface area contributed by atoms with Gasteiger partial charge in [-0.15, -0.1) is 0 Å². The number of aryl methyl sites for hydroxylation is 2. The summed E-state index contributed by atoms with van der Waals surface area (Å²) in [5.74, 6) is -0.00652. The summed E-state index contributed by atoms with van der Waals surface area (Å²) in [5.41, 5.74) is 3.84. The summed E-state index contributed by atoms with van der Waals surface area (Å²) in [6.07, 6.45) is 5.22. The number of carbonyl (C=O) groups is 3. The van der Waals surface area contributed by atoms with Crippen LogP contribution in [-0.4, -0.2) is 53.8 Å². The highest BCUT2D eigenvalue weighted by Crippen LogP contribution is 2.27. The van der Waals surface area contributed by atoms with E-state index in [9.17, 15) is 14.4 Å². The molecule has 0 aliphatic carbocycles. The summed E-state index contributed by atoms with van der Waals surface area (Å²) in [5, 5.41) is 3.05. The summed E-state index contributed by atoms with van der Waals surface area (Å²) >= 11 is 0. The second-order valence-electron chi connectivity index (χ2n) is 8.89. The molecule has 0 bridgehead atoms. The highest BCUT2D eigenvalue weighted by molar-refractivity contribution is 6.00.